The van der Waals surface area contributed by atoms with Gasteiger partial charge in [0.1, 0.15) is 5.75 Å². The standard InChI is InChI=1S/C23H31N3O4S.ClH/c1-3-30-21-8-6-20(7-9-21)18-23(27)24-12-13-25-14-16-26(17-15-25)31(28,29)22-10-4-19(2)5-11-22;/h4-11H,3,12-18H2,1-2H3,(H,24,27);1H. The molecule has 1 N–H and O–H groups in total. The summed E-state index contributed by atoms with van der Waals surface area (Å²) in [5.41, 5.74) is 1.98. The van der Waals surface area contributed by atoms with Crippen molar-refractivity contribution in [2.75, 3.05) is 45.9 Å². The fourth-order valence-electron chi connectivity index (χ4n) is 3.52. The number of carbonyl (C=O) groups is 1. The molecule has 0 unspecified atom stereocenters. The van der Waals surface area contributed by atoms with Gasteiger partial charge in [-0.2, -0.15) is 4.31 Å². The number of nitrogens with one attached hydrogen (secondary N) is 1. The van der Waals surface area contributed by atoms with E-state index in [0.29, 0.717) is 57.2 Å². The molecule has 1 amide bonds. The molecule has 0 aromatic heterocycles. The maximum Gasteiger partial charge on any atom is 0.243 e. The van der Waals surface area contributed by atoms with Crippen molar-refractivity contribution in [1.82, 2.24) is 14.5 Å². The van der Waals surface area contributed by atoms with Crippen molar-refractivity contribution >= 4 is 28.3 Å². The van der Waals surface area contributed by atoms with E-state index >= 15 is 0 Å². The first kappa shape index (κ1) is 26.1. The number of ether oxygens (including phenoxy) is 1. The predicted molar refractivity (Wildman–Crippen MR) is 128 cm³/mol. The third kappa shape index (κ3) is 7.20. The van der Waals surface area contributed by atoms with Crippen LogP contribution >= 0.6 is 12.4 Å². The molecule has 1 heterocycles. The predicted octanol–water partition coefficient (Wildman–Crippen LogP) is 2.48. The summed E-state index contributed by atoms with van der Waals surface area (Å²) in [5, 5.41) is 2.95. The summed E-state index contributed by atoms with van der Waals surface area (Å²) in [6.45, 7) is 7.95. The van der Waals surface area contributed by atoms with Crippen LogP contribution in [-0.4, -0.2) is 69.4 Å². The third-order valence-electron chi connectivity index (χ3n) is 5.34. The number of halogens is 1. The van der Waals surface area contributed by atoms with Crippen molar-refractivity contribution in [2.24, 2.45) is 0 Å². The average Bonchev–Trinajstić information content (AvgIpc) is 2.76. The summed E-state index contributed by atoms with van der Waals surface area (Å²) in [7, 11) is -3.45. The number of hydrogen-bond acceptors (Lipinski definition) is 5. The largest absolute Gasteiger partial charge is 0.494 e. The van der Waals surface area contributed by atoms with Gasteiger partial charge in [0.25, 0.3) is 0 Å². The van der Waals surface area contributed by atoms with Crippen LogP contribution in [0.4, 0.5) is 0 Å². The number of benzene rings is 2. The quantitative estimate of drug-likeness (QED) is 0.595. The van der Waals surface area contributed by atoms with Crippen LogP contribution in [-0.2, 0) is 21.2 Å². The molecule has 2 aromatic carbocycles. The smallest absolute Gasteiger partial charge is 0.243 e. The Balaban J connectivity index is 0.00000363. The van der Waals surface area contributed by atoms with E-state index in [9.17, 15) is 13.2 Å². The zero-order chi connectivity index (χ0) is 22.3. The lowest BCUT2D eigenvalue weighted by Crippen LogP contribution is -2.50. The maximum atomic E-state index is 12.8. The van der Waals surface area contributed by atoms with E-state index in [0.717, 1.165) is 16.9 Å². The monoisotopic (exact) mass is 481 g/mol. The first-order valence-electron chi connectivity index (χ1n) is 10.7. The second-order valence-electron chi connectivity index (χ2n) is 7.66. The van der Waals surface area contributed by atoms with E-state index in [-0.39, 0.29) is 18.3 Å². The van der Waals surface area contributed by atoms with E-state index in [4.69, 9.17) is 4.74 Å². The topological polar surface area (TPSA) is 79.0 Å². The minimum Gasteiger partial charge on any atom is -0.494 e. The van der Waals surface area contributed by atoms with Gasteiger partial charge in [0.05, 0.1) is 17.9 Å². The number of aryl methyl sites for hydroxylation is 1. The molecule has 0 radical (unpaired) electrons. The van der Waals surface area contributed by atoms with Gasteiger partial charge in [-0.1, -0.05) is 29.8 Å². The Morgan fingerprint density at radius 1 is 1.00 bits per heavy atom. The maximum absolute atomic E-state index is 12.8. The van der Waals surface area contributed by atoms with Crippen LogP contribution in [0.15, 0.2) is 53.4 Å². The fraction of sp³-hybridized carbons (Fsp3) is 0.435. The van der Waals surface area contributed by atoms with Crippen LogP contribution < -0.4 is 10.1 Å². The molecule has 0 atom stereocenters. The van der Waals surface area contributed by atoms with Crippen LogP contribution in [0.2, 0.25) is 0 Å². The van der Waals surface area contributed by atoms with Gasteiger partial charge in [-0.3, -0.25) is 9.69 Å². The van der Waals surface area contributed by atoms with Gasteiger partial charge in [0.2, 0.25) is 15.9 Å². The lowest BCUT2D eigenvalue weighted by Gasteiger charge is -2.34. The Labute approximate surface area is 197 Å². The zero-order valence-electron chi connectivity index (χ0n) is 18.6. The van der Waals surface area contributed by atoms with Gasteiger partial charge in [0.15, 0.2) is 0 Å². The van der Waals surface area contributed by atoms with Gasteiger partial charge in [-0.05, 0) is 43.7 Å². The van der Waals surface area contributed by atoms with Crippen molar-refractivity contribution in [3.05, 3.63) is 59.7 Å². The van der Waals surface area contributed by atoms with Crippen molar-refractivity contribution in [1.29, 1.82) is 0 Å². The minimum absolute atomic E-state index is 0. The molecule has 7 nitrogen and oxygen atoms in total. The molecule has 0 bridgehead atoms. The normalized spacial score (nSPS) is 15.1. The third-order valence-corrected chi connectivity index (χ3v) is 7.25. The SMILES string of the molecule is CCOc1ccc(CC(=O)NCCN2CCN(S(=O)(=O)c3ccc(C)cc3)CC2)cc1.Cl. The summed E-state index contributed by atoms with van der Waals surface area (Å²) >= 11 is 0. The molecule has 0 aliphatic carbocycles. The van der Waals surface area contributed by atoms with Crippen LogP contribution in [0, 0.1) is 6.92 Å². The van der Waals surface area contributed by atoms with E-state index in [1.165, 1.54) is 0 Å². The Morgan fingerprint density at radius 2 is 1.62 bits per heavy atom. The summed E-state index contributed by atoms with van der Waals surface area (Å²) < 4.78 is 32.5. The first-order chi connectivity index (χ1) is 14.9. The number of carbonyl (C=O) groups excluding carboxylic acids is 1. The summed E-state index contributed by atoms with van der Waals surface area (Å²) in [5.74, 6) is 0.778. The molecule has 2 aromatic rings. The number of piperazine rings is 1. The van der Waals surface area contributed by atoms with Crippen molar-refractivity contribution < 1.29 is 17.9 Å². The van der Waals surface area contributed by atoms with Gasteiger partial charge >= 0.3 is 0 Å². The number of hydrogen-bond donors (Lipinski definition) is 1. The lowest BCUT2D eigenvalue weighted by atomic mass is 10.1. The van der Waals surface area contributed by atoms with E-state index < -0.39 is 10.0 Å². The van der Waals surface area contributed by atoms with Crippen LogP contribution in [0.25, 0.3) is 0 Å². The second kappa shape index (κ2) is 12.2. The summed E-state index contributed by atoms with van der Waals surface area (Å²) in [6, 6.07) is 14.5. The fourth-order valence-corrected chi connectivity index (χ4v) is 4.95. The van der Waals surface area contributed by atoms with E-state index in [2.05, 4.69) is 10.2 Å². The number of rotatable bonds is 9. The molecular weight excluding hydrogens is 450 g/mol. The summed E-state index contributed by atoms with van der Waals surface area (Å²) in [6.07, 6.45) is 0.328. The molecule has 32 heavy (non-hydrogen) atoms. The van der Waals surface area contributed by atoms with Crippen LogP contribution in [0.1, 0.15) is 18.1 Å². The highest BCUT2D eigenvalue weighted by molar-refractivity contribution is 7.89. The Morgan fingerprint density at radius 3 is 2.22 bits per heavy atom. The highest BCUT2D eigenvalue weighted by atomic mass is 35.5. The van der Waals surface area contributed by atoms with E-state index in [1.807, 2.05) is 50.2 Å². The molecule has 0 saturated carbocycles. The average molecular weight is 482 g/mol. The van der Waals surface area contributed by atoms with Crippen LogP contribution in [0.3, 0.4) is 0 Å². The number of amides is 1. The zero-order valence-corrected chi connectivity index (χ0v) is 20.3. The Bertz CT molecular complexity index is 958. The van der Waals surface area contributed by atoms with Crippen molar-refractivity contribution in [2.45, 2.75) is 25.2 Å². The van der Waals surface area contributed by atoms with Crippen molar-refractivity contribution in [3.8, 4) is 5.75 Å². The Kier molecular flexibility index (Phi) is 9.96. The highest BCUT2D eigenvalue weighted by Gasteiger charge is 2.28. The number of nitrogens with zero attached hydrogens (tertiary/aromatic N) is 2. The Hall–Kier alpha value is -2.13. The molecule has 3 rings (SSSR count). The molecule has 1 fully saturated rings. The molecule has 1 aliphatic heterocycles. The van der Waals surface area contributed by atoms with E-state index in [1.54, 1.807) is 16.4 Å². The lowest BCUT2D eigenvalue weighted by molar-refractivity contribution is -0.120. The van der Waals surface area contributed by atoms with Crippen LogP contribution in [0.5, 0.6) is 5.75 Å². The highest BCUT2D eigenvalue weighted by Crippen LogP contribution is 2.18. The molecule has 176 valence electrons. The molecule has 1 saturated heterocycles. The molecule has 9 heteroatoms. The molecular formula is C23H32ClN3O4S. The minimum atomic E-state index is -3.45. The van der Waals surface area contributed by atoms with Gasteiger partial charge < -0.3 is 10.1 Å². The second-order valence-corrected chi connectivity index (χ2v) is 9.60. The van der Waals surface area contributed by atoms with Gasteiger partial charge in [-0.25, -0.2) is 8.42 Å². The van der Waals surface area contributed by atoms with Gasteiger partial charge in [0, 0.05) is 39.3 Å². The molecule has 0 spiro atoms. The summed E-state index contributed by atoms with van der Waals surface area (Å²) in [4.78, 5) is 14.7. The van der Waals surface area contributed by atoms with Crippen molar-refractivity contribution in [3.63, 3.8) is 0 Å². The number of sulfonamides is 1. The van der Waals surface area contributed by atoms with Gasteiger partial charge in [-0.15, -0.1) is 12.4 Å². The molecule has 1 aliphatic rings. The first-order valence-corrected chi connectivity index (χ1v) is 12.1.